The number of hydrogen-bond donors (Lipinski definition) is 0. The van der Waals surface area contributed by atoms with E-state index in [1.54, 1.807) is 0 Å². The monoisotopic (exact) mass is 348 g/mol. The molecular weight excluding hydrogens is 342 g/mol. The van der Waals surface area contributed by atoms with Gasteiger partial charge >= 0.3 is 29.6 Å². The van der Waals surface area contributed by atoms with Crippen LogP contribution in [0.25, 0.3) is 0 Å². The molecule has 0 unspecified atom stereocenters. The molecule has 4 aliphatic rings. The van der Waals surface area contributed by atoms with Crippen LogP contribution in [0.15, 0.2) is 0 Å². The van der Waals surface area contributed by atoms with Gasteiger partial charge in [0.2, 0.25) is 5.79 Å². The summed E-state index contributed by atoms with van der Waals surface area (Å²) in [6.07, 6.45) is 0. The van der Waals surface area contributed by atoms with Crippen LogP contribution in [0.5, 0.6) is 0 Å². The van der Waals surface area contributed by atoms with Gasteiger partial charge < -0.3 is 9.47 Å². The van der Waals surface area contributed by atoms with Gasteiger partial charge in [-0.15, -0.1) is 0 Å². The van der Waals surface area contributed by atoms with E-state index >= 15 is 0 Å². The first kappa shape index (κ1) is 16.1. The average Bonchev–Trinajstić information content (AvgIpc) is 2.74. The van der Waals surface area contributed by atoms with E-state index in [0.29, 0.717) is 0 Å². The molecule has 0 N–H and O–H groups in total. The fourth-order valence-corrected chi connectivity index (χ4v) is 3.34. The molecule has 12 heteroatoms. The predicted octanol–water partition coefficient (Wildman–Crippen LogP) is 3.17. The predicted molar refractivity (Wildman–Crippen MR) is 46.4 cm³/mol. The minimum Gasteiger partial charge on any atom is -0.342 e. The molecule has 22 heavy (non-hydrogen) atoms. The van der Waals surface area contributed by atoms with Crippen molar-refractivity contribution in [3.63, 3.8) is 0 Å². The molecule has 1 aliphatic heterocycles. The van der Waals surface area contributed by atoms with Crippen LogP contribution in [0.4, 0.5) is 43.9 Å². The summed E-state index contributed by atoms with van der Waals surface area (Å²) >= 11 is 0. The summed E-state index contributed by atoms with van der Waals surface area (Å²) in [5.41, 5.74) is 0. The number of fused-ring (bicyclic) bond motifs is 2. The van der Waals surface area contributed by atoms with Crippen molar-refractivity contribution in [1.82, 2.24) is 0 Å². The number of alkyl halides is 10. The molecule has 1 heterocycles. The Morgan fingerprint density at radius 1 is 0.500 bits per heavy atom. The molecule has 0 amide bonds. The lowest BCUT2D eigenvalue weighted by atomic mass is 9.56. The Morgan fingerprint density at radius 3 is 1.18 bits per heavy atom. The molecule has 3 saturated carbocycles. The maximum atomic E-state index is 14.1. The van der Waals surface area contributed by atoms with Crippen molar-refractivity contribution >= 4 is 0 Å². The highest BCUT2D eigenvalue weighted by molar-refractivity contribution is 5.29. The number of rotatable bonds is 0. The highest BCUT2D eigenvalue weighted by atomic mass is 19.3. The maximum absolute atomic E-state index is 14.1. The molecule has 0 aromatic heterocycles. The zero-order valence-electron chi connectivity index (χ0n) is 10.2. The maximum Gasteiger partial charge on any atom is 0.325 e. The van der Waals surface area contributed by atoms with Crippen LogP contribution >= 0.6 is 0 Å². The van der Waals surface area contributed by atoms with Gasteiger partial charge in [0, 0.05) is 0 Å². The SMILES string of the molecule is FC1(F)C2C(F)(F)C(F)(F)C(C1(F)F)C1(OCCO1)C2(F)F. The molecule has 3 aliphatic carbocycles. The van der Waals surface area contributed by atoms with Crippen molar-refractivity contribution in [2.45, 2.75) is 35.4 Å². The van der Waals surface area contributed by atoms with Crippen LogP contribution in [0.2, 0.25) is 0 Å². The summed E-state index contributed by atoms with van der Waals surface area (Å²) in [4.78, 5) is 0. The third kappa shape index (κ3) is 1.26. The van der Waals surface area contributed by atoms with Gasteiger partial charge in [0.05, 0.1) is 13.2 Å². The van der Waals surface area contributed by atoms with E-state index in [9.17, 15) is 43.9 Å². The van der Waals surface area contributed by atoms with Crippen molar-refractivity contribution < 1.29 is 53.4 Å². The minimum absolute atomic E-state index is 0.901. The third-order valence-electron chi connectivity index (χ3n) is 4.26. The Kier molecular flexibility index (Phi) is 2.67. The van der Waals surface area contributed by atoms with Crippen LogP contribution in [0, 0.1) is 11.8 Å². The van der Waals surface area contributed by atoms with Gasteiger partial charge in [-0.2, -0.15) is 43.9 Å². The second-order valence-corrected chi connectivity index (χ2v) is 5.35. The molecule has 0 radical (unpaired) electrons. The van der Waals surface area contributed by atoms with Gasteiger partial charge in [-0.05, 0) is 0 Å². The first-order valence-corrected chi connectivity index (χ1v) is 5.86. The first-order valence-electron chi connectivity index (χ1n) is 5.86. The molecule has 128 valence electrons. The zero-order chi connectivity index (χ0) is 17.0. The lowest BCUT2D eigenvalue weighted by Crippen LogP contribution is -2.88. The smallest absolute Gasteiger partial charge is 0.325 e. The molecule has 2 bridgehead atoms. The lowest BCUT2D eigenvalue weighted by Gasteiger charge is -2.62. The average molecular weight is 348 g/mol. The van der Waals surface area contributed by atoms with Crippen LogP contribution in [0.1, 0.15) is 0 Å². The number of halogens is 10. The molecule has 1 saturated heterocycles. The Balaban J connectivity index is 2.35. The Bertz CT molecular complexity index is 482. The summed E-state index contributed by atoms with van der Waals surface area (Å²) in [6, 6.07) is 0. The van der Waals surface area contributed by atoms with E-state index < -0.39 is 60.4 Å². The van der Waals surface area contributed by atoms with Gasteiger partial charge in [-0.25, -0.2) is 0 Å². The topological polar surface area (TPSA) is 18.5 Å². The molecule has 0 aromatic carbocycles. The Labute approximate surface area is 115 Å². The molecular formula is C10H6F10O2. The summed E-state index contributed by atoms with van der Waals surface area (Å²) < 4.78 is 145. The molecule has 4 rings (SSSR count). The van der Waals surface area contributed by atoms with Crippen molar-refractivity contribution in [3.05, 3.63) is 0 Å². The largest absolute Gasteiger partial charge is 0.342 e. The van der Waals surface area contributed by atoms with Crippen LogP contribution in [0.3, 0.4) is 0 Å². The quantitative estimate of drug-likeness (QED) is 0.626. The van der Waals surface area contributed by atoms with E-state index in [4.69, 9.17) is 0 Å². The van der Waals surface area contributed by atoms with E-state index in [1.807, 2.05) is 0 Å². The standard InChI is InChI=1S/C10H6F10O2/c11-5(12)3-6(13,14)8(17,18)4(7(5,15)16)10(9(3,19)20)21-1-2-22-10/h3-4H,1-2H2. The van der Waals surface area contributed by atoms with Crippen LogP contribution in [-0.2, 0) is 9.47 Å². The summed E-state index contributed by atoms with van der Waals surface area (Å²) in [5.74, 6) is -43.1. The third-order valence-corrected chi connectivity index (χ3v) is 4.26. The van der Waals surface area contributed by atoms with E-state index in [1.165, 1.54) is 0 Å². The fraction of sp³-hybridized carbons (Fsp3) is 1.00. The summed E-state index contributed by atoms with van der Waals surface area (Å²) in [6.45, 7) is -1.80. The van der Waals surface area contributed by atoms with Crippen LogP contribution in [-0.4, -0.2) is 48.6 Å². The second-order valence-electron chi connectivity index (χ2n) is 5.35. The van der Waals surface area contributed by atoms with Crippen molar-refractivity contribution in [3.8, 4) is 0 Å². The first-order chi connectivity index (χ1) is 9.69. The summed E-state index contributed by atoms with van der Waals surface area (Å²) in [5, 5.41) is 0. The minimum atomic E-state index is -6.08. The van der Waals surface area contributed by atoms with E-state index in [-0.39, 0.29) is 0 Å². The fourth-order valence-electron chi connectivity index (χ4n) is 3.34. The number of ether oxygens (including phenoxy) is 2. The summed E-state index contributed by atoms with van der Waals surface area (Å²) in [7, 11) is 0. The van der Waals surface area contributed by atoms with Gasteiger partial charge in [-0.3, -0.25) is 0 Å². The van der Waals surface area contributed by atoms with E-state index in [0.717, 1.165) is 0 Å². The van der Waals surface area contributed by atoms with Crippen LogP contribution < -0.4 is 0 Å². The molecule has 1 spiro atoms. The lowest BCUT2D eigenvalue weighted by molar-refractivity contribution is -0.535. The van der Waals surface area contributed by atoms with Gasteiger partial charge in [0.1, 0.15) is 0 Å². The highest BCUT2D eigenvalue weighted by Gasteiger charge is 3.02. The Hall–Kier alpha value is -0.780. The molecule has 2 nitrogen and oxygen atoms in total. The highest BCUT2D eigenvalue weighted by Crippen LogP contribution is 2.76. The van der Waals surface area contributed by atoms with Gasteiger partial charge in [0.15, 0.2) is 11.8 Å². The van der Waals surface area contributed by atoms with Gasteiger partial charge in [0.25, 0.3) is 0 Å². The molecule has 0 atom stereocenters. The van der Waals surface area contributed by atoms with Crippen molar-refractivity contribution in [2.75, 3.05) is 13.2 Å². The molecule has 0 aromatic rings. The second kappa shape index (κ2) is 3.65. The van der Waals surface area contributed by atoms with Crippen molar-refractivity contribution in [2.24, 2.45) is 11.8 Å². The zero-order valence-corrected chi connectivity index (χ0v) is 10.2. The van der Waals surface area contributed by atoms with Crippen molar-refractivity contribution in [1.29, 1.82) is 0 Å². The Morgan fingerprint density at radius 2 is 0.818 bits per heavy atom. The normalized spacial score (nSPS) is 41.7. The molecule has 4 fully saturated rings. The van der Waals surface area contributed by atoms with E-state index in [2.05, 4.69) is 9.47 Å². The van der Waals surface area contributed by atoms with Gasteiger partial charge in [-0.1, -0.05) is 0 Å². The number of hydrogen-bond acceptors (Lipinski definition) is 2.